The molecule has 1 aliphatic rings. The molecule has 0 amide bonds. The molecule has 1 N–H and O–H groups in total. The van der Waals surface area contributed by atoms with Crippen molar-refractivity contribution in [1.29, 1.82) is 0 Å². The van der Waals surface area contributed by atoms with Gasteiger partial charge in [0, 0.05) is 7.11 Å². The summed E-state index contributed by atoms with van der Waals surface area (Å²) >= 11 is 0. The molecule has 0 saturated heterocycles. The van der Waals surface area contributed by atoms with Crippen LogP contribution in [-0.2, 0) is 4.74 Å². The molecule has 0 aromatic rings. The Morgan fingerprint density at radius 2 is 1.92 bits per heavy atom. The van der Waals surface area contributed by atoms with Gasteiger partial charge in [-0.3, -0.25) is 0 Å². The molecular weight excluding hydrogens is 152 g/mol. The van der Waals surface area contributed by atoms with E-state index in [-0.39, 0.29) is 6.10 Å². The monoisotopic (exact) mass is 172 g/mol. The molecule has 2 heteroatoms. The van der Waals surface area contributed by atoms with Gasteiger partial charge in [-0.05, 0) is 19.3 Å². The maximum Gasteiger partial charge on any atom is 0.0907 e. The fraction of sp³-hybridized carbons (Fsp3) is 1.00. The largest absolute Gasteiger partial charge is 0.387 e. The summed E-state index contributed by atoms with van der Waals surface area (Å²) in [5.74, 6) is 0. The summed E-state index contributed by atoms with van der Waals surface area (Å²) < 4.78 is 5.29. The third kappa shape index (κ3) is 1.99. The number of hydrogen-bond acceptors (Lipinski definition) is 2. The Kier molecular flexibility index (Phi) is 3.53. The molecule has 1 fully saturated rings. The zero-order valence-corrected chi connectivity index (χ0v) is 8.18. The van der Waals surface area contributed by atoms with Crippen LogP contribution >= 0.6 is 0 Å². The molecule has 0 heterocycles. The summed E-state index contributed by atoms with van der Waals surface area (Å²) in [6.45, 7) is 2.07. The first-order valence-electron chi connectivity index (χ1n) is 4.98. The summed E-state index contributed by atoms with van der Waals surface area (Å²) in [6, 6.07) is 0. The lowest BCUT2D eigenvalue weighted by Gasteiger charge is -2.37. The van der Waals surface area contributed by atoms with Crippen molar-refractivity contribution in [2.45, 2.75) is 57.2 Å². The van der Waals surface area contributed by atoms with Crippen molar-refractivity contribution >= 4 is 0 Å². The van der Waals surface area contributed by atoms with E-state index in [0.29, 0.717) is 0 Å². The first-order valence-corrected chi connectivity index (χ1v) is 4.98. The Morgan fingerprint density at radius 3 is 2.33 bits per heavy atom. The third-order valence-corrected chi connectivity index (χ3v) is 2.97. The maximum absolute atomic E-state index is 10.2. The molecule has 0 radical (unpaired) electrons. The van der Waals surface area contributed by atoms with Crippen LogP contribution in [0.3, 0.4) is 0 Å². The molecule has 1 aliphatic carbocycles. The molecule has 1 atom stereocenters. The van der Waals surface area contributed by atoms with Gasteiger partial charge >= 0.3 is 0 Å². The van der Waals surface area contributed by atoms with Crippen LogP contribution < -0.4 is 0 Å². The van der Waals surface area contributed by atoms with Crippen LogP contribution in [0.5, 0.6) is 0 Å². The minimum absolute atomic E-state index is 0.0396. The highest BCUT2D eigenvalue weighted by Gasteiger charge is 2.36. The highest BCUT2D eigenvalue weighted by molar-refractivity contribution is 4.89. The summed E-state index contributed by atoms with van der Waals surface area (Å²) in [5, 5.41) is 10.2. The fourth-order valence-corrected chi connectivity index (χ4v) is 2.25. The second kappa shape index (κ2) is 4.24. The predicted octanol–water partition coefficient (Wildman–Crippen LogP) is 2.11. The van der Waals surface area contributed by atoms with Gasteiger partial charge in [-0.1, -0.05) is 26.2 Å². The number of aliphatic hydroxyl groups is 1. The van der Waals surface area contributed by atoms with Crippen molar-refractivity contribution in [1.82, 2.24) is 0 Å². The zero-order chi connectivity index (χ0) is 9.03. The molecule has 72 valence electrons. The van der Waals surface area contributed by atoms with E-state index in [9.17, 15) is 5.11 Å². The second-order valence-electron chi connectivity index (χ2n) is 3.80. The maximum atomic E-state index is 10.2. The number of methoxy groups -OCH3 is 1. The van der Waals surface area contributed by atoms with Gasteiger partial charge in [0.15, 0.2) is 0 Å². The Labute approximate surface area is 74.9 Å². The molecule has 0 aromatic carbocycles. The van der Waals surface area contributed by atoms with Crippen LogP contribution in [0.25, 0.3) is 0 Å². The van der Waals surface area contributed by atoms with Gasteiger partial charge in [0.05, 0.1) is 11.7 Å². The van der Waals surface area contributed by atoms with Crippen molar-refractivity contribution in [3.05, 3.63) is 0 Å². The van der Waals surface area contributed by atoms with Crippen LogP contribution in [0.4, 0.5) is 0 Å². The lowest BCUT2D eigenvalue weighted by Crippen LogP contribution is -2.44. The molecule has 1 rings (SSSR count). The predicted molar refractivity (Wildman–Crippen MR) is 49.1 cm³/mol. The quantitative estimate of drug-likeness (QED) is 0.706. The Balaban J connectivity index is 2.53. The standard InChI is InChI=1S/C10H20O2/c1-3-9(12-2)10(11)7-5-4-6-8-10/h9,11H,3-8H2,1-2H3/t9-/m1/s1. The van der Waals surface area contributed by atoms with E-state index in [2.05, 4.69) is 6.92 Å². The normalized spacial score (nSPS) is 25.2. The van der Waals surface area contributed by atoms with E-state index >= 15 is 0 Å². The lowest BCUT2D eigenvalue weighted by atomic mass is 9.80. The fourth-order valence-electron chi connectivity index (χ4n) is 2.25. The summed E-state index contributed by atoms with van der Waals surface area (Å²) in [7, 11) is 1.70. The average molecular weight is 172 g/mol. The molecule has 0 aliphatic heterocycles. The van der Waals surface area contributed by atoms with Crippen molar-refractivity contribution in [2.24, 2.45) is 0 Å². The van der Waals surface area contributed by atoms with Crippen LogP contribution in [0, 0.1) is 0 Å². The minimum Gasteiger partial charge on any atom is -0.387 e. The van der Waals surface area contributed by atoms with Crippen LogP contribution in [0.15, 0.2) is 0 Å². The van der Waals surface area contributed by atoms with Gasteiger partial charge in [0.2, 0.25) is 0 Å². The van der Waals surface area contributed by atoms with Crippen LogP contribution in [0.1, 0.15) is 45.4 Å². The summed E-state index contributed by atoms with van der Waals surface area (Å²) in [6.07, 6.45) is 6.35. The highest BCUT2D eigenvalue weighted by Crippen LogP contribution is 2.33. The van der Waals surface area contributed by atoms with E-state index < -0.39 is 5.60 Å². The smallest absolute Gasteiger partial charge is 0.0907 e. The van der Waals surface area contributed by atoms with E-state index in [1.54, 1.807) is 7.11 Å². The summed E-state index contributed by atoms with van der Waals surface area (Å²) in [4.78, 5) is 0. The van der Waals surface area contributed by atoms with Crippen molar-refractivity contribution in [3.63, 3.8) is 0 Å². The summed E-state index contributed by atoms with van der Waals surface area (Å²) in [5.41, 5.74) is -0.526. The third-order valence-electron chi connectivity index (χ3n) is 2.97. The van der Waals surface area contributed by atoms with Crippen LogP contribution in [-0.4, -0.2) is 23.9 Å². The van der Waals surface area contributed by atoms with E-state index in [1.165, 1.54) is 6.42 Å². The van der Waals surface area contributed by atoms with Gasteiger partial charge in [0.25, 0.3) is 0 Å². The van der Waals surface area contributed by atoms with Crippen molar-refractivity contribution in [3.8, 4) is 0 Å². The van der Waals surface area contributed by atoms with E-state index in [0.717, 1.165) is 32.1 Å². The van der Waals surface area contributed by atoms with Crippen molar-refractivity contribution in [2.75, 3.05) is 7.11 Å². The van der Waals surface area contributed by atoms with Gasteiger partial charge in [-0.2, -0.15) is 0 Å². The first-order chi connectivity index (χ1) is 5.73. The van der Waals surface area contributed by atoms with Gasteiger partial charge in [-0.25, -0.2) is 0 Å². The molecule has 0 aromatic heterocycles. The van der Waals surface area contributed by atoms with Gasteiger partial charge in [-0.15, -0.1) is 0 Å². The van der Waals surface area contributed by atoms with Crippen molar-refractivity contribution < 1.29 is 9.84 Å². The zero-order valence-electron chi connectivity index (χ0n) is 8.18. The molecule has 1 saturated carbocycles. The topological polar surface area (TPSA) is 29.5 Å². The van der Waals surface area contributed by atoms with E-state index in [4.69, 9.17) is 4.74 Å². The minimum atomic E-state index is -0.526. The Hall–Kier alpha value is -0.0800. The number of ether oxygens (including phenoxy) is 1. The first kappa shape index (κ1) is 10.0. The average Bonchev–Trinajstić information content (AvgIpc) is 2.07. The highest BCUT2D eigenvalue weighted by atomic mass is 16.5. The van der Waals surface area contributed by atoms with E-state index in [1.807, 2.05) is 0 Å². The van der Waals surface area contributed by atoms with Gasteiger partial charge < -0.3 is 9.84 Å². The Bertz CT molecular complexity index is 124. The second-order valence-corrected chi connectivity index (χ2v) is 3.80. The molecule has 0 bridgehead atoms. The molecule has 0 unspecified atom stereocenters. The number of hydrogen-bond donors (Lipinski definition) is 1. The SMILES string of the molecule is CC[C@@H](OC)C1(O)CCCCC1. The lowest BCUT2D eigenvalue weighted by molar-refractivity contribution is -0.114. The number of rotatable bonds is 3. The molecule has 0 spiro atoms. The molecule has 12 heavy (non-hydrogen) atoms. The van der Waals surface area contributed by atoms with Gasteiger partial charge in [0.1, 0.15) is 0 Å². The molecular formula is C10H20O2. The van der Waals surface area contributed by atoms with Crippen LogP contribution in [0.2, 0.25) is 0 Å². The molecule has 2 nitrogen and oxygen atoms in total. The Morgan fingerprint density at radius 1 is 1.33 bits per heavy atom.